The summed E-state index contributed by atoms with van der Waals surface area (Å²) in [5.41, 5.74) is 0. The van der Waals surface area contributed by atoms with Gasteiger partial charge in [-0.3, -0.25) is 9.36 Å². The molecule has 7 nitrogen and oxygen atoms in total. The highest BCUT2D eigenvalue weighted by Crippen LogP contribution is 2.28. The van der Waals surface area contributed by atoms with Crippen LogP contribution in [0.2, 0.25) is 0 Å². The summed E-state index contributed by atoms with van der Waals surface area (Å²) in [7, 11) is 0. The number of thioether (sulfide) groups is 1. The lowest BCUT2D eigenvalue weighted by atomic mass is 9.86. The lowest BCUT2D eigenvalue weighted by Gasteiger charge is -2.31. The van der Waals surface area contributed by atoms with Gasteiger partial charge in [0.1, 0.15) is 5.76 Å². The van der Waals surface area contributed by atoms with Gasteiger partial charge in [0, 0.05) is 19.1 Å². The highest BCUT2D eigenvalue weighted by Gasteiger charge is 2.25. The van der Waals surface area contributed by atoms with E-state index < -0.39 is 0 Å². The topological polar surface area (TPSA) is 76.2 Å². The van der Waals surface area contributed by atoms with Gasteiger partial charge in [0.25, 0.3) is 0 Å². The van der Waals surface area contributed by atoms with Gasteiger partial charge in [-0.05, 0) is 49.7 Å². The number of carbonyl (C=O) groups is 1. The molecular formula is C22H33N5O2S. The number of furan rings is 1. The molecule has 164 valence electrons. The molecule has 1 saturated heterocycles. The third kappa shape index (κ3) is 5.20. The highest BCUT2D eigenvalue weighted by atomic mass is 32.2. The summed E-state index contributed by atoms with van der Waals surface area (Å²) < 4.78 is 7.67. The zero-order chi connectivity index (χ0) is 20.9. The van der Waals surface area contributed by atoms with E-state index in [9.17, 15) is 4.79 Å². The molecule has 0 aromatic carbocycles. The quantitative estimate of drug-likeness (QED) is 0.669. The molecule has 2 aromatic heterocycles. The lowest BCUT2D eigenvalue weighted by molar-refractivity contribution is -0.119. The largest absolute Gasteiger partial charge is 0.467 e. The van der Waals surface area contributed by atoms with E-state index in [0.717, 1.165) is 55.1 Å². The number of piperidine rings is 1. The third-order valence-electron chi connectivity index (χ3n) is 6.45. The Morgan fingerprint density at radius 2 is 2.00 bits per heavy atom. The number of rotatable bonds is 7. The molecule has 1 aliphatic carbocycles. The average molecular weight is 432 g/mol. The van der Waals surface area contributed by atoms with Crippen molar-refractivity contribution in [1.29, 1.82) is 0 Å². The Kier molecular flexibility index (Phi) is 7.02. The number of hydrogen-bond acceptors (Lipinski definition) is 6. The smallest absolute Gasteiger partial charge is 0.230 e. The maximum atomic E-state index is 12.6. The third-order valence-corrected chi connectivity index (χ3v) is 7.41. The Labute approximate surface area is 183 Å². The maximum Gasteiger partial charge on any atom is 0.230 e. The van der Waals surface area contributed by atoms with Crippen LogP contribution in [0.25, 0.3) is 0 Å². The predicted molar refractivity (Wildman–Crippen MR) is 119 cm³/mol. The van der Waals surface area contributed by atoms with Gasteiger partial charge in [0.05, 0.1) is 18.6 Å². The number of anilines is 1. The second kappa shape index (κ2) is 9.90. The minimum atomic E-state index is 0.0830. The molecule has 3 heterocycles. The van der Waals surface area contributed by atoms with Gasteiger partial charge in [0.15, 0.2) is 5.16 Å². The van der Waals surface area contributed by atoms with Crippen molar-refractivity contribution in [2.45, 2.75) is 70.1 Å². The molecule has 2 fully saturated rings. The lowest BCUT2D eigenvalue weighted by Crippen LogP contribution is -2.41. The van der Waals surface area contributed by atoms with Crippen molar-refractivity contribution in [1.82, 2.24) is 20.1 Å². The Morgan fingerprint density at radius 1 is 1.20 bits per heavy atom. The van der Waals surface area contributed by atoms with Gasteiger partial charge in [-0.15, -0.1) is 10.2 Å². The standard InChI is InChI=1S/C22H33N5O2S/c1-16-9-11-26(12-10-16)21-24-25-22(27(21)14-18-7-5-13-29-18)30-15-20(28)23-19-8-4-3-6-17(19)2/h5,7,13,16-17,19H,3-4,6,8-12,14-15H2,1-2H3,(H,23,28)/t17-,19+/m0/s1. The number of amides is 1. The fourth-order valence-corrected chi connectivity index (χ4v) is 5.18. The molecular weight excluding hydrogens is 398 g/mol. The molecule has 8 heteroatoms. The van der Waals surface area contributed by atoms with Crippen LogP contribution in [0.1, 0.15) is 58.1 Å². The summed E-state index contributed by atoms with van der Waals surface area (Å²) in [6.07, 6.45) is 8.79. The molecule has 1 amide bonds. The molecule has 0 unspecified atom stereocenters. The Hall–Kier alpha value is -1.96. The van der Waals surface area contributed by atoms with Crippen molar-refractivity contribution in [3.05, 3.63) is 24.2 Å². The van der Waals surface area contributed by atoms with E-state index in [2.05, 4.69) is 38.8 Å². The van der Waals surface area contributed by atoms with Crippen LogP contribution in [-0.2, 0) is 11.3 Å². The SMILES string of the molecule is CC1CCN(c2nnc(SCC(=O)N[C@@H]3CCCC[C@@H]3C)n2Cc2ccco2)CC1. The highest BCUT2D eigenvalue weighted by molar-refractivity contribution is 7.99. The van der Waals surface area contributed by atoms with E-state index in [4.69, 9.17) is 4.42 Å². The van der Waals surface area contributed by atoms with Crippen LogP contribution in [0.4, 0.5) is 5.95 Å². The Morgan fingerprint density at radius 3 is 2.73 bits per heavy atom. The Bertz CT molecular complexity index is 814. The monoisotopic (exact) mass is 431 g/mol. The van der Waals surface area contributed by atoms with Gasteiger partial charge in [-0.25, -0.2) is 0 Å². The minimum absolute atomic E-state index is 0.0830. The first-order chi connectivity index (χ1) is 14.6. The van der Waals surface area contributed by atoms with Gasteiger partial charge in [-0.1, -0.05) is 38.5 Å². The fourth-order valence-electron chi connectivity index (χ4n) is 4.44. The molecule has 2 aliphatic rings. The first kappa shape index (κ1) is 21.3. The second-order valence-electron chi connectivity index (χ2n) is 8.84. The molecule has 0 radical (unpaired) electrons. The number of hydrogen-bond donors (Lipinski definition) is 1. The van der Waals surface area contributed by atoms with Crippen LogP contribution in [0, 0.1) is 11.8 Å². The number of nitrogens with one attached hydrogen (secondary N) is 1. The van der Waals surface area contributed by atoms with Crippen molar-refractivity contribution < 1.29 is 9.21 Å². The number of nitrogens with zero attached hydrogens (tertiary/aromatic N) is 4. The van der Waals surface area contributed by atoms with Gasteiger partial charge >= 0.3 is 0 Å². The zero-order valence-corrected chi connectivity index (χ0v) is 18.9. The second-order valence-corrected chi connectivity index (χ2v) is 9.78. The first-order valence-corrected chi connectivity index (χ1v) is 12.2. The van der Waals surface area contributed by atoms with Crippen LogP contribution >= 0.6 is 11.8 Å². The molecule has 1 N–H and O–H groups in total. The minimum Gasteiger partial charge on any atom is -0.467 e. The van der Waals surface area contributed by atoms with Gasteiger partial charge in [0.2, 0.25) is 11.9 Å². The molecule has 30 heavy (non-hydrogen) atoms. The summed E-state index contributed by atoms with van der Waals surface area (Å²) in [6, 6.07) is 4.17. The van der Waals surface area contributed by atoms with E-state index in [1.807, 2.05) is 12.1 Å². The molecule has 2 atom stereocenters. The first-order valence-electron chi connectivity index (χ1n) is 11.2. The number of aromatic nitrogens is 3. The summed E-state index contributed by atoms with van der Waals surface area (Å²) in [5, 5.41) is 12.9. The maximum absolute atomic E-state index is 12.6. The summed E-state index contributed by atoms with van der Waals surface area (Å²) in [5.74, 6) is 3.49. The molecule has 0 bridgehead atoms. The van der Waals surface area contributed by atoms with Crippen LogP contribution in [-0.4, -0.2) is 45.6 Å². The van der Waals surface area contributed by atoms with Crippen LogP contribution in [0.3, 0.4) is 0 Å². The van der Waals surface area contributed by atoms with E-state index in [-0.39, 0.29) is 5.91 Å². The zero-order valence-electron chi connectivity index (χ0n) is 18.0. The van der Waals surface area contributed by atoms with E-state index >= 15 is 0 Å². The van der Waals surface area contributed by atoms with Crippen molar-refractivity contribution in [2.24, 2.45) is 11.8 Å². The summed E-state index contributed by atoms with van der Waals surface area (Å²) in [4.78, 5) is 14.9. The average Bonchev–Trinajstić information content (AvgIpc) is 3.39. The van der Waals surface area contributed by atoms with Crippen molar-refractivity contribution >= 4 is 23.6 Å². The molecule has 4 rings (SSSR count). The van der Waals surface area contributed by atoms with Gasteiger partial charge in [-0.2, -0.15) is 0 Å². The van der Waals surface area contributed by atoms with E-state index in [1.54, 1.807) is 6.26 Å². The molecule has 2 aromatic rings. The van der Waals surface area contributed by atoms with Crippen molar-refractivity contribution in [3.63, 3.8) is 0 Å². The molecule has 1 aliphatic heterocycles. The predicted octanol–water partition coefficient (Wildman–Crippen LogP) is 3.94. The van der Waals surface area contributed by atoms with E-state index in [1.165, 1.54) is 31.0 Å². The van der Waals surface area contributed by atoms with Gasteiger partial charge < -0.3 is 14.6 Å². The van der Waals surface area contributed by atoms with Crippen LogP contribution in [0.15, 0.2) is 28.0 Å². The fraction of sp³-hybridized carbons (Fsp3) is 0.682. The van der Waals surface area contributed by atoms with E-state index in [0.29, 0.717) is 24.3 Å². The Balaban J connectivity index is 1.43. The van der Waals surface area contributed by atoms with Crippen LogP contribution < -0.4 is 10.2 Å². The summed E-state index contributed by atoms with van der Waals surface area (Å²) >= 11 is 1.46. The van der Waals surface area contributed by atoms with Crippen molar-refractivity contribution in [2.75, 3.05) is 23.7 Å². The summed E-state index contributed by atoms with van der Waals surface area (Å²) in [6.45, 7) is 7.09. The molecule has 0 spiro atoms. The number of carbonyl (C=O) groups excluding carboxylic acids is 1. The normalized spacial score (nSPS) is 22.9. The molecule has 1 saturated carbocycles. The van der Waals surface area contributed by atoms with Crippen molar-refractivity contribution in [3.8, 4) is 0 Å². The van der Waals surface area contributed by atoms with Crippen LogP contribution in [0.5, 0.6) is 0 Å².